The molecule has 3 atom stereocenters. The number of alkyl halides is 3. The molecule has 2 aliphatic rings. The van der Waals surface area contributed by atoms with E-state index in [0.717, 1.165) is 12.1 Å². The van der Waals surface area contributed by atoms with Gasteiger partial charge in [-0.15, -0.1) is 0 Å². The summed E-state index contributed by atoms with van der Waals surface area (Å²) in [6, 6.07) is 3.28. The lowest BCUT2D eigenvalue weighted by atomic mass is 9.98. The Morgan fingerprint density at radius 1 is 1.14 bits per heavy atom. The van der Waals surface area contributed by atoms with E-state index in [0.29, 0.717) is 23.3 Å². The molecule has 5 heteroatoms. The molecule has 0 heterocycles. The van der Waals surface area contributed by atoms with Crippen molar-refractivity contribution in [1.82, 2.24) is 5.32 Å². The van der Waals surface area contributed by atoms with Crippen molar-refractivity contribution in [2.24, 2.45) is 17.8 Å². The van der Waals surface area contributed by atoms with Crippen LogP contribution in [0.4, 0.5) is 17.6 Å². The van der Waals surface area contributed by atoms with Crippen LogP contribution in [0.2, 0.25) is 0 Å². The molecule has 0 aromatic heterocycles. The van der Waals surface area contributed by atoms with Crippen LogP contribution in [-0.2, 0) is 6.18 Å². The molecule has 3 rings (SSSR count). The highest BCUT2D eigenvalue weighted by molar-refractivity contribution is 5.30. The Balaban J connectivity index is 1.84. The minimum absolute atomic E-state index is 0.0464. The Morgan fingerprint density at radius 3 is 2.24 bits per heavy atom. The summed E-state index contributed by atoms with van der Waals surface area (Å²) in [5.74, 6) is 0.570. The number of hydrogen-bond donors (Lipinski definition) is 1. The number of fused-ring (bicyclic) bond motifs is 1. The topological polar surface area (TPSA) is 12.0 Å². The maximum atomic E-state index is 13.7. The zero-order valence-electron chi connectivity index (χ0n) is 11.9. The monoisotopic (exact) mass is 301 g/mol. The van der Waals surface area contributed by atoms with Gasteiger partial charge >= 0.3 is 6.18 Å². The summed E-state index contributed by atoms with van der Waals surface area (Å²) >= 11 is 0. The van der Waals surface area contributed by atoms with E-state index >= 15 is 0 Å². The second-order valence-corrected chi connectivity index (χ2v) is 6.19. The molecule has 21 heavy (non-hydrogen) atoms. The van der Waals surface area contributed by atoms with Crippen LogP contribution in [0.15, 0.2) is 18.2 Å². The highest BCUT2D eigenvalue weighted by Crippen LogP contribution is 2.60. The van der Waals surface area contributed by atoms with E-state index in [4.69, 9.17) is 0 Å². The van der Waals surface area contributed by atoms with Gasteiger partial charge in [-0.2, -0.15) is 13.2 Å². The van der Waals surface area contributed by atoms with Crippen LogP contribution in [-0.4, -0.2) is 7.05 Å². The highest BCUT2D eigenvalue weighted by atomic mass is 19.4. The quantitative estimate of drug-likeness (QED) is 0.808. The van der Waals surface area contributed by atoms with Gasteiger partial charge in [0.25, 0.3) is 0 Å². The number of benzene rings is 1. The molecule has 1 aromatic rings. The maximum absolute atomic E-state index is 13.7. The van der Waals surface area contributed by atoms with Gasteiger partial charge in [-0.1, -0.05) is 18.9 Å². The largest absolute Gasteiger partial charge is 0.419 e. The molecule has 1 N–H and O–H groups in total. The van der Waals surface area contributed by atoms with Crippen LogP contribution >= 0.6 is 0 Å². The molecule has 2 fully saturated rings. The predicted molar refractivity (Wildman–Crippen MR) is 72.1 cm³/mol. The molecule has 0 saturated heterocycles. The number of nitrogens with one attached hydrogen (secondary N) is 1. The summed E-state index contributed by atoms with van der Waals surface area (Å²) in [5.41, 5.74) is -0.559. The summed E-state index contributed by atoms with van der Waals surface area (Å²) in [6.45, 7) is 0. The average Bonchev–Trinajstić information content (AvgIpc) is 3.13. The van der Waals surface area contributed by atoms with Gasteiger partial charge in [0, 0.05) is 6.04 Å². The molecule has 3 unspecified atom stereocenters. The van der Waals surface area contributed by atoms with Gasteiger partial charge in [-0.25, -0.2) is 4.39 Å². The molecule has 1 nitrogen and oxygen atoms in total. The van der Waals surface area contributed by atoms with Gasteiger partial charge in [0.1, 0.15) is 5.82 Å². The van der Waals surface area contributed by atoms with Crippen molar-refractivity contribution in [3.05, 3.63) is 35.1 Å². The first-order valence-corrected chi connectivity index (χ1v) is 7.47. The third-order valence-electron chi connectivity index (χ3n) is 5.08. The Bertz CT molecular complexity index is 513. The Labute approximate surface area is 121 Å². The summed E-state index contributed by atoms with van der Waals surface area (Å²) in [7, 11) is 1.80. The maximum Gasteiger partial charge on any atom is 0.419 e. The minimum atomic E-state index is -4.63. The normalized spacial score (nSPS) is 29.9. The van der Waals surface area contributed by atoms with Crippen molar-refractivity contribution in [2.45, 2.75) is 37.9 Å². The molecule has 0 radical (unpaired) electrons. The number of halogens is 4. The van der Waals surface area contributed by atoms with E-state index in [1.807, 2.05) is 0 Å². The zero-order valence-corrected chi connectivity index (χ0v) is 11.9. The molecule has 0 aliphatic heterocycles. The smallest absolute Gasteiger partial charge is 0.313 e. The SMILES string of the molecule is CNC(c1ccc(C(F)(F)F)c(F)c1)C1C2CCCCC21. The van der Waals surface area contributed by atoms with Gasteiger partial charge < -0.3 is 5.32 Å². The van der Waals surface area contributed by atoms with Gasteiger partial charge in [0.2, 0.25) is 0 Å². The Morgan fingerprint density at radius 2 is 1.76 bits per heavy atom. The molecule has 116 valence electrons. The lowest BCUT2D eigenvalue weighted by Gasteiger charge is -2.18. The molecule has 0 amide bonds. The molecule has 0 bridgehead atoms. The van der Waals surface area contributed by atoms with Crippen molar-refractivity contribution >= 4 is 0 Å². The summed E-state index contributed by atoms with van der Waals surface area (Å²) < 4.78 is 51.6. The van der Waals surface area contributed by atoms with Crippen LogP contribution in [0.1, 0.15) is 42.9 Å². The highest BCUT2D eigenvalue weighted by Gasteiger charge is 2.54. The third-order valence-corrected chi connectivity index (χ3v) is 5.08. The fraction of sp³-hybridized carbons (Fsp3) is 0.625. The van der Waals surface area contributed by atoms with Crippen molar-refractivity contribution < 1.29 is 17.6 Å². The van der Waals surface area contributed by atoms with Crippen LogP contribution in [0.5, 0.6) is 0 Å². The van der Waals surface area contributed by atoms with E-state index in [2.05, 4.69) is 5.32 Å². The minimum Gasteiger partial charge on any atom is -0.313 e. The molecule has 1 aromatic carbocycles. The fourth-order valence-electron chi connectivity index (χ4n) is 4.08. The molecule has 2 saturated carbocycles. The first-order chi connectivity index (χ1) is 9.93. The second-order valence-electron chi connectivity index (χ2n) is 6.19. The molecule has 2 aliphatic carbocycles. The fourth-order valence-corrected chi connectivity index (χ4v) is 4.08. The Hall–Kier alpha value is -1.10. The first kappa shape index (κ1) is 14.8. The van der Waals surface area contributed by atoms with Gasteiger partial charge in [0.15, 0.2) is 0 Å². The summed E-state index contributed by atoms with van der Waals surface area (Å²) in [4.78, 5) is 0. The average molecular weight is 301 g/mol. The van der Waals surface area contributed by atoms with E-state index in [-0.39, 0.29) is 6.04 Å². The molecule has 0 spiro atoms. The first-order valence-electron chi connectivity index (χ1n) is 7.47. The lowest BCUT2D eigenvalue weighted by Crippen LogP contribution is -2.20. The third kappa shape index (κ3) is 2.68. The zero-order chi connectivity index (χ0) is 15.2. The van der Waals surface area contributed by atoms with Crippen LogP contribution in [0.25, 0.3) is 0 Å². The van der Waals surface area contributed by atoms with Crippen molar-refractivity contribution in [3.8, 4) is 0 Å². The number of hydrogen-bond acceptors (Lipinski definition) is 1. The van der Waals surface area contributed by atoms with Crippen molar-refractivity contribution in [3.63, 3.8) is 0 Å². The molecular formula is C16H19F4N. The standard InChI is InChI=1S/C16H19F4N/c1-21-15(14-10-4-2-3-5-11(10)14)9-6-7-12(13(17)8-9)16(18,19)20/h6-8,10-11,14-15,21H,2-5H2,1H3. The number of rotatable bonds is 3. The van der Waals surface area contributed by atoms with Crippen LogP contribution in [0, 0.1) is 23.6 Å². The van der Waals surface area contributed by atoms with E-state index in [1.54, 1.807) is 7.05 Å². The van der Waals surface area contributed by atoms with Crippen molar-refractivity contribution in [2.75, 3.05) is 7.05 Å². The van der Waals surface area contributed by atoms with Crippen LogP contribution < -0.4 is 5.32 Å². The lowest BCUT2D eigenvalue weighted by molar-refractivity contribution is -0.140. The Kier molecular flexibility index (Phi) is 3.72. The van der Waals surface area contributed by atoms with E-state index in [9.17, 15) is 17.6 Å². The summed E-state index contributed by atoms with van der Waals surface area (Å²) in [5, 5.41) is 3.17. The molecular weight excluding hydrogens is 282 g/mol. The van der Waals surface area contributed by atoms with E-state index in [1.165, 1.54) is 31.7 Å². The predicted octanol–water partition coefficient (Wildman–Crippen LogP) is 4.54. The van der Waals surface area contributed by atoms with Gasteiger partial charge in [-0.3, -0.25) is 0 Å². The van der Waals surface area contributed by atoms with Gasteiger partial charge in [-0.05, 0) is 55.3 Å². The van der Waals surface area contributed by atoms with Crippen LogP contribution in [0.3, 0.4) is 0 Å². The summed E-state index contributed by atoms with van der Waals surface area (Å²) in [6.07, 6.45) is 0.212. The van der Waals surface area contributed by atoms with Crippen molar-refractivity contribution in [1.29, 1.82) is 0 Å². The van der Waals surface area contributed by atoms with Gasteiger partial charge in [0.05, 0.1) is 5.56 Å². The second kappa shape index (κ2) is 5.27. The van der Waals surface area contributed by atoms with E-state index < -0.39 is 17.6 Å².